The van der Waals surface area contributed by atoms with E-state index < -0.39 is 6.10 Å². The van der Waals surface area contributed by atoms with Crippen molar-refractivity contribution in [2.75, 3.05) is 18.6 Å². The van der Waals surface area contributed by atoms with Crippen LogP contribution in [0.1, 0.15) is 25.0 Å². The molecule has 0 spiro atoms. The number of benzene rings is 1. The smallest absolute Gasteiger partial charge is 0.124 e. The first-order valence-corrected chi connectivity index (χ1v) is 6.81. The quantitative estimate of drug-likeness (QED) is 0.794. The lowest BCUT2D eigenvalue weighted by atomic mass is 10.1. The molecule has 1 rings (SSSR count). The summed E-state index contributed by atoms with van der Waals surface area (Å²) in [6.45, 7) is 2.12. The molecule has 0 radical (unpaired) electrons. The molecule has 1 N–H and O–H groups in total. The fourth-order valence-corrected chi connectivity index (χ4v) is 2.43. The first kappa shape index (κ1) is 13.7. The Morgan fingerprint density at radius 1 is 1.50 bits per heavy atom. The van der Waals surface area contributed by atoms with E-state index in [0.29, 0.717) is 16.5 Å². The first-order valence-electron chi connectivity index (χ1n) is 5.28. The van der Waals surface area contributed by atoms with Gasteiger partial charge < -0.3 is 9.84 Å². The SMILES string of the molecule is CCCSCC(O)c1cc(Cl)ccc1OC. The summed E-state index contributed by atoms with van der Waals surface area (Å²) in [5.41, 5.74) is 0.763. The summed E-state index contributed by atoms with van der Waals surface area (Å²) in [7, 11) is 1.60. The van der Waals surface area contributed by atoms with E-state index in [2.05, 4.69) is 6.92 Å². The van der Waals surface area contributed by atoms with Gasteiger partial charge in [-0.05, 0) is 30.4 Å². The zero-order valence-electron chi connectivity index (χ0n) is 9.57. The molecule has 1 unspecified atom stereocenters. The second-order valence-electron chi connectivity index (χ2n) is 3.48. The van der Waals surface area contributed by atoms with Crippen molar-refractivity contribution in [2.24, 2.45) is 0 Å². The van der Waals surface area contributed by atoms with Crippen LogP contribution in [0.15, 0.2) is 18.2 Å². The van der Waals surface area contributed by atoms with E-state index in [1.54, 1.807) is 37.1 Å². The van der Waals surface area contributed by atoms with Crippen molar-refractivity contribution in [3.05, 3.63) is 28.8 Å². The Balaban J connectivity index is 2.72. The summed E-state index contributed by atoms with van der Waals surface area (Å²) in [5.74, 6) is 2.42. The van der Waals surface area contributed by atoms with E-state index in [1.165, 1.54) is 0 Å². The Morgan fingerprint density at radius 3 is 2.88 bits per heavy atom. The lowest BCUT2D eigenvalue weighted by Crippen LogP contribution is -2.03. The van der Waals surface area contributed by atoms with Crippen molar-refractivity contribution in [1.29, 1.82) is 0 Å². The molecule has 0 aliphatic carbocycles. The molecule has 0 saturated carbocycles. The average Bonchev–Trinajstić information content (AvgIpc) is 2.29. The zero-order valence-corrected chi connectivity index (χ0v) is 11.1. The molecular weight excluding hydrogens is 244 g/mol. The minimum absolute atomic E-state index is 0.523. The molecule has 90 valence electrons. The van der Waals surface area contributed by atoms with Gasteiger partial charge in [0.25, 0.3) is 0 Å². The third-order valence-corrected chi connectivity index (χ3v) is 3.66. The summed E-state index contributed by atoms with van der Waals surface area (Å²) >= 11 is 7.64. The molecule has 0 amide bonds. The second-order valence-corrected chi connectivity index (χ2v) is 5.06. The number of aliphatic hydroxyl groups is 1. The Bertz CT molecular complexity index is 331. The van der Waals surface area contributed by atoms with E-state index in [4.69, 9.17) is 16.3 Å². The Labute approximate surface area is 106 Å². The number of rotatable bonds is 6. The van der Waals surface area contributed by atoms with Gasteiger partial charge in [0.1, 0.15) is 5.75 Å². The van der Waals surface area contributed by atoms with Gasteiger partial charge in [0.05, 0.1) is 13.2 Å². The molecule has 1 aromatic rings. The molecule has 0 aliphatic heterocycles. The topological polar surface area (TPSA) is 29.5 Å². The van der Waals surface area contributed by atoms with Crippen molar-refractivity contribution in [2.45, 2.75) is 19.4 Å². The number of aliphatic hydroxyl groups excluding tert-OH is 1. The molecule has 0 bridgehead atoms. The van der Waals surface area contributed by atoms with Gasteiger partial charge >= 0.3 is 0 Å². The fourth-order valence-electron chi connectivity index (χ4n) is 1.39. The maximum Gasteiger partial charge on any atom is 0.124 e. The number of methoxy groups -OCH3 is 1. The van der Waals surface area contributed by atoms with E-state index in [1.807, 2.05) is 0 Å². The summed E-state index contributed by atoms with van der Waals surface area (Å²) in [5, 5.41) is 10.6. The number of thioether (sulfide) groups is 1. The van der Waals surface area contributed by atoms with Gasteiger partial charge in [-0.1, -0.05) is 18.5 Å². The van der Waals surface area contributed by atoms with Crippen molar-refractivity contribution >= 4 is 23.4 Å². The van der Waals surface area contributed by atoms with Gasteiger partial charge in [0.15, 0.2) is 0 Å². The van der Waals surface area contributed by atoms with Gasteiger partial charge in [-0.3, -0.25) is 0 Å². The van der Waals surface area contributed by atoms with Crippen LogP contribution in [-0.2, 0) is 0 Å². The molecule has 4 heteroatoms. The Morgan fingerprint density at radius 2 is 2.25 bits per heavy atom. The van der Waals surface area contributed by atoms with Crippen LogP contribution < -0.4 is 4.74 Å². The molecule has 0 heterocycles. The fraction of sp³-hybridized carbons (Fsp3) is 0.500. The number of hydrogen-bond acceptors (Lipinski definition) is 3. The van der Waals surface area contributed by atoms with E-state index in [-0.39, 0.29) is 0 Å². The summed E-state index contributed by atoms with van der Waals surface area (Å²) < 4.78 is 5.20. The van der Waals surface area contributed by atoms with Crippen LogP contribution in [0.3, 0.4) is 0 Å². The van der Waals surface area contributed by atoms with Crippen molar-refractivity contribution in [3.8, 4) is 5.75 Å². The largest absolute Gasteiger partial charge is 0.496 e. The van der Waals surface area contributed by atoms with Crippen molar-refractivity contribution < 1.29 is 9.84 Å². The predicted molar refractivity (Wildman–Crippen MR) is 70.6 cm³/mol. The van der Waals surface area contributed by atoms with E-state index in [0.717, 1.165) is 17.7 Å². The molecule has 0 aliphatic rings. The molecule has 0 aromatic heterocycles. The van der Waals surface area contributed by atoms with E-state index in [9.17, 15) is 5.11 Å². The van der Waals surface area contributed by atoms with Crippen LogP contribution in [0.5, 0.6) is 5.75 Å². The maximum absolute atomic E-state index is 10.0. The van der Waals surface area contributed by atoms with Crippen LogP contribution in [0.25, 0.3) is 0 Å². The first-order chi connectivity index (χ1) is 7.69. The highest BCUT2D eigenvalue weighted by Crippen LogP contribution is 2.30. The summed E-state index contributed by atoms with van der Waals surface area (Å²) in [6, 6.07) is 5.30. The molecule has 2 nitrogen and oxygen atoms in total. The van der Waals surface area contributed by atoms with Crippen LogP contribution >= 0.6 is 23.4 Å². The molecular formula is C12H17ClO2S. The van der Waals surface area contributed by atoms with Crippen LogP contribution in [0.4, 0.5) is 0 Å². The summed E-state index contributed by atoms with van der Waals surface area (Å²) in [4.78, 5) is 0. The Hall–Kier alpha value is -0.380. The molecule has 0 fully saturated rings. The lowest BCUT2D eigenvalue weighted by Gasteiger charge is -2.14. The monoisotopic (exact) mass is 260 g/mol. The molecule has 0 saturated heterocycles. The van der Waals surface area contributed by atoms with Crippen LogP contribution in [-0.4, -0.2) is 23.7 Å². The highest BCUT2D eigenvalue weighted by Gasteiger charge is 2.13. The third-order valence-electron chi connectivity index (χ3n) is 2.17. The van der Waals surface area contributed by atoms with Crippen molar-refractivity contribution in [1.82, 2.24) is 0 Å². The molecule has 1 aromatic carbocycles. The maximum atomic E-state index is 10.0. The number of hydrogen-bond donors (Lipinski definition) is 1. The minimum atomic E-state index is -0.523. The highest BCUT2D eigenvalue weighted by atomic mass is 35.5. The van der Waals surface area contributed by atoms with Crippen LogP contribution in [0, 0.1) is 0 Å². The lowest BCUT2D eigenvalue weighted by molar-refractivity contribution is 0.199. The van der Waals surface area contributed by atoms with Gasteiger partial charge in [-0.2, -0.15) is 11.8 Å². The minimum Gasteiger partial charge on any atom is -0.496 e. The van der Waals surface area contributed by atoms with Gasteiger partial charge in [0, 0.05) is 16.3 Å². The van der Waals surface area contributed by atoms with E-state index >= 15 is 0 Å². The summed E-state index contributed by atoms with van der Waals surface area (Å²) in [6.07, 6.45) is 0.592. The second kappa shape index (κ2) is 7.05. The molecule has 16 heavy (non-hydrogen) atoms. The standard InChI is InChI=1S/C12H17ClO2S/c1-3-6-16-8-11(14)10-7-9(13)4-5-12(10)15-2/h4-5,7,11,14H,3,6,8H2,1-2H3. The number of halogens is 1. The highest BCUT2D eigenvalue weighted by molar-refractivity contribution is 7.99. The van der Waals surface area contributed by atoms with Crippen LogP contribution in [0.2, 0.25) is 5.02 Å². The number of ether oxygens (including phenoxy) is 1. The van der Waals surface area contributed by atoms with Gasteiger partial charge in [-0.15, -0.1) is 0 Å². The van der Waals surface area contributed by atoms with Crippen molar-refractivity contribution in [3.63, 3.8) is 0 Å². The predicted octanol–water partition coefficient (Wildman–Crippen LogP) is 3.53. The van der Waals surface area contributed by atoms with Gasteiger partial charge in [-0.25, -0.2) is 0 Å². The Kier molecular flexibility index (Phi) is 6.03. The molecule has 1 atom stereocenters. The zero-order chi connectivity index (χ0) is 12.0. The van der Waals surface area contributed by atoms with Gasteiger partial charge in [0.2, 0.25) is 0 Å². The normalized spacial score (nSPS) is 12.5. The third kappa shape index (κ3) is 3.89. The average molecular weight is 261 g/mol.